The second kappa shape index (κ2) is 4.84. The predicted octanol–water partition coefficient (Wildman–Crippen LogP) is 3.89. The summed E-state index contributed by atoms with van der Waals surface area (Å²) in [6.45, 7) is 1.75. The lowest BCUT2D eigenvalue weighted by atomic mass is 10.1. The van der Waals surface area contributed by atoms with Crippen LogP contribution in [0.2, 0.25) is 0 Å². The van der Waals surface area contributed by atoms with Gasteiger partial charge in [0.05, 0.1) is 11.3 Å². The van der Waals surface area contributed by atoms with Crippen LogP contribution in [0.4, 0.5) is 20.2 Å². The van der Waals surface area contributed by atoms with Gasteiger partial charge in [-0.3, -0.25) is 0 Å². The topological polar surface area (TPSA) is 35.8 Å². The van der Waals surface area contributed by atoms with Crippen molar-refractivity contribution < 1.29 is 8.78 Å². The summed E-state index contributed by atoms with van der Waals surface area (Å²) >= 11 is 0. The van der Waals surface area contributed by atoms with Gasteiger partial charge in [0.1, 0.15) is 17.7 Å². The molecule has 0 radical (unpaired) electrons. The van der Waals surface area contributed by atoms with Crippen LogP contribution < -0.4 is 5.32 Å². The molecule has 0 unspecified atom stereocenters. The molecule has 0 aliphatic carbocycles. The Balaban J connectivity index is 2.37. The molecule has 2 rings (SSSR count). The van der Waals surface area contributed by atoms with Gasteiger partial charge in [-0.1, -0.05) is 0 Å². The van der Waals surface area contributed by atoms with Gasteiger partial charge in [0.2, 0.25) is 0 Å². The highest BCUT2D eigenvalue weighted by Crippen LogP contribution is 2.24. The van der Waals surface area contributed by atoms with Crippen LogP contribution in [0.25, 0.3) is 0 Å². The van der Waals surface area contributed by atoms with Crippen LogP contribution in [0, 0.1) is 29.9 Å². The SMILES string of the molecule is Cc1cc(F)ccc1Nc1ccc(F)cc1C#N. The monoisotopic (exact) mass is 244 g/mol. The minimum atomic E-state index is -0.465. The Morgan fingerprint density at radius 2 is 1.61 bits per heavy atom. The molecule has 0 saturated carbocycles. The number of nitriles is 1. The molecule has 0 heterocycles. The average molecular weight is 244 g/mol. The van der Waals surface area contributed by atoms with Gasteiger partial charge in [0.15, 0.2) is 0 Å². The van der Waals surface area contributed by atoms with Gasteiger partial charge < -0.3 is 5.32 Å². The third-order valence-electron chi connectivity index (χ3n) is 2.56. The van der Waals surface area contributed by atoms with E-state index in [9.17, 15) is 8.78 Å². The zero-order valence-corrected chi connectivity index (χ0v) is 9.67. The van der Waals surface area contributed by atoms with E-state index in [4.69, 9.17) is 5.26 Å². The maximum atomic E-state index is 13.0. The number of halogens is 2. The molecule has 0 atom stereocenters. The van der Waals surface area contributed by atoms with Crippen molar-refractivity contribution in [3.05, 3.63) is 59.2 Å². The molecule has 2 nitrogen and oxygen atoms in total. The number of hydrogen-bond donors (Lipinski definition) is 1. The van der Waals surface area contributed by atoms with E-state index in [1.165, 1.54) is 24.3 Å². The zero-order valence-electron chi connectivity index (χ0n) is 9.67. The van der Waals surface area contributed by atoms with Crippen molar-refractivity contribution in [1.82, 2.24) is 0 Å². The van der Waals surface area contributed by atoms with E-state index in [1.54, 1.807) is 13.0 Å². The fourth-order valence-electron chi connectivity index (χ4n) is 1.63. The predicted molar refractivity (Wildman–Crippen MR) is 65.5 cm³/mol. The Morgan fingerprint density at radius 3 is 2.22 bits per heavy atom. The Morgan fingerprint density at radius 1 is 1.00 bits per heavy atom. The summed E-state index contributed by atoms with van der Waals surface area (Å²) in [4.78, 5) is 0. The van der Waals surface area contributed by atoms with E-state index in [-0.39, 0.29) is 11.4 Å². The van der Waals surface area contributed by atoms with E-state index >= 15 is 0 Å². The number of hydrogen-bond acceptors (Lipinski definition) is 2. The van der Waals surface area contributed by atoms with E-state index < -0.39 is 5.82 Å². The normalized spacial score (nSPS) is 9.89. The second-order valence-electron chi connectivity index (χ2n) is 3.89. The van der Waals surface area contributed by atoms with Crippen molar-refractivity contribution in [2.45, 2.75) is 6.92 Å². The standard InChI is InChI=1S/C14H10F2N2/c1-9-6-11(15)2-4-13(9)18-14-5-3-12(16)7-10(14)8-17/h2-7,18H,1H3. The molecule has 18 heavy (non-hydrogen) atoms. The molecule has 0 aliphatic rings. The minimum absolute atomic E-state index is 0.207. The van der Waals surface area contributed by atoms with Crippen molar-refractivity contribution in [3.63, 3.8) is 0 Å². The van der Waals surface area contributed by atoms with Gasteiger partial charge in [-0.05, 0) is 48.9 Å². The summed E-state index contributed by atoms with van der Waals surface area (Å²) in [5.74, 6) is -0.786. The first-order chi connectivity index (χ1) is 8.60. The van der Waals surface area contributed by atoms with Gasteiger partial charge in [-0.15, -0.1) is 0 Å². The highest BCUT2D eigenvalue weighted by molar-refractivity contribution is 5.68. The smallest absolute Gasteiger partial charge is 0.124 e. The maximum absolute atomic E-state index is 13.0. The molecule has 1 N–H and O–H groups in total. The number of nitrogens with one attached hydrogen (secondary N) is 1. The van der Waals surface area contributed by atoms with Gasteiger partial charge in [-0.25, -0.2) is 8.78 Å². The van der Waals surface area contributed by atoms with Crippen LogP contribution in [0.3, 0.4) is 0 Å². The van der Waals surface area contributed by atoms with Gasteiger partial charge >= 0.3 is 0 Å². The van der Waals surface area contributed by atoms with Crippen molar-refractivity contribution in [2.24, 2.45) is 0 Å². The quantitative estimate of drug-likeness (QED) is 0.869. The number of benzene rings is 2. The number of rotatable bonds is 2. The van der Waals surface area contributed by atoms with Crippen LogP contribution in [-0.4, -0.2) is 0 Å². The van der Waals surface area contributed by atoms with Gasteiger partial charge in [0, 0.05) is 5.69 Å². The van der Waals surface area contributed by atoms with Crippen LogP contribution in [0.1, 0.15) is 11.1 Å². The van der Waals surface area contributed by atoms with E-state index in [1.807, 2.05) is 6.07 Å². The largest absolute Gasteiger partial charge is 0.354 e. The van der Waals surface area contributed by atoms with Crippen molar-refractivity contribution in [1.29, 1.82) is 5.26 Å². The molecule has 0 bridgehead atoms. The molecular weight excluding hydrogens is 234 g/mol. The van der Waals surface area contributed by atoms with Crippen LogP contribution in [-0.2, 0) is 0 Å². The van der Waals surface area contributed by atoms with E-state index in [0.29, 0.717) is 16.9 Å². The first kappa shape index (κ1) is 12.1. The van der Waals surface area contributed by atoms with Crippen LogP contribution in [0.15, 0.2) is 36.4 Å². The molecule has 90 valence electrons. The van der Waals surface area contributed by atoms with Crippen molar-refractivity contribution in [2.75, 3.05) is 5.32 Å². The molecule has 0 amide bonds. The highest BCUT2D eigenvalue weighted by Gasteiger charge is 2.06. The fourth-order valence-corrected chi connectivity index (χ4v) is 1.63. The summed E-state index contributed by atoms with van der Waals surface area (Å²) in [5.41, 5.74) is 2.09. The summed E-state index contributed by atoms with van der Waals surface area (Å²) in [6, 6.07) is 10.1. The van der Waals surface area contributed by atoms with Crippen LogP contribution in [0.5, 0.6) is 0 Å². The molecule has 0 fully saturated rings. The molecule has 0 saturated heterocycles. The lowest BCUT2D eigenvalue weighted by Crippen LogP contribution is -1.96. The average Bonchev–Trinajstić information content (AvgIpc) is 2.34. The molecule has 0 aliphatic heterocycles. The van der Waals surface area contributed by atoms with Crippen molar-refractivity contribution >= 4 is 11.4 Å². The lowest BCUT2D eigenvalue weighted by Gasteiger charge is -2.10. The first-order valence-corrected chi connectivity index (χ1v) is 5.33. The van der Waals surface area contributed by atoms with E-state index in [0.717, 1.165) is 6.07 Å². The Labute approximate surface area is 103 Å². The molecule has 2 aromatic carbocycles. The number of aryl methyl sites for hydroxylation is 1. The Hall–Kier alpha value is -2.41. The molecule has 0 aromatic heterocycles. The second-order valence-corrected chi connectivity index (χ2v) is 3.89. The highest BCUT2D eigenvalue weighted by atomic mass is 19.1. The fraction of sp³-hybridized carbons (Fsp3) is 0.0714. The molecule has 2 aromatic rings. The van der Waals surface area contributed by atoms with Crippen molar-refractivity contribution in [3.8, 4) is 6.07 Å². The number of nitrogens with zero attached hydrogens (tertiary/aromatic N) is 1. The Kier molecular flexibility index (Phi) is 3.24. The first-order valence-electron chi connectivity index (χ1n) is 5.33. The van der Waals surface area contributed by atoms with E-state index in [2.05, 4.69) is 5.32 Å². The molecule has 4 heteroatoms. The summed E-state index contributed by atoms with van der Waals surface area (Å²) in [6.07, 6.45) is 0. The van der Waals surface area contributed by atoms with Gasteiger partial charge in [-0.2, -0.15) is 5.26 Å². The zero-order chi connectivity index (χ0) is 13.1. The maximum Gasteiger partial charge on any atom is 0.124 e. The van der Waals surface area contributed by atoms with Crippen LogP contribution >= 0.6 is 0 Å². The molecule has 0 spiro atoms. The third-order valence-corrected chi connectivity index (χ3v) is 2.56. The third kappa shape index (κ3) is 2.46. The number of anilines is 2. The summed E-state index contributed by atoms with van der Waals surface area (Å²) in [5, 5.41) is 11.9. The summed E-state index contributed by atoms with van der Waals surface area (Å²) in [7, 11) is 0. The minimum Gasteiger partial charge on any atom is -0.354 e. The van der Waals surface area contributed by atoms with Gasteiger partial charge in [0.25, 0.3) is 0 Å². The molecular formula is C14H10F2N2. The lowest BCUT2D eigenvalue weighted by molar-refractivity contribution is 0.627. The Bertz CT molecular complexity index is 630. The summed E-state index contributed by atoms with van der Waals surface area (Å²) < 4.78 is 25.9.